The topological polar surface area (TPSA) is 102 Å². The second kappa shape index (κ2) is 10.0. The monoisotopic (exact) mass is 486 g/mol. The molecule has 3 aromatic rings. The average Bonchev–Trinajstić information content (AvgIpc) is 2.90. The molecule has 0 unspecified atom stereocenters. The van der Waals surface area contributed by atoms with Gasteiger partial charge in [0.1, 0.15) is 11.5 Å². The Morgan fingerprint density at radius 2 is 2.09 bits per heavy atom. The molecule has 1 N–H and O–H groups in total. The summed E-state index contributed by atoms with van der Waals surface area (Å²) in [5.74, 6) is 0.641. The summed E-state index contributed by atoms with van der Waals surface area (Å²) in [6.07, 6.45) is 4.51. The van der Waals surface area contributed by atoms with Crippen LogP contribution in [-0.2, 0) is 11.2 Å². The molecule has 2 aliphatic rings. The number of hydrogen-bond donors (Lipinski definition) is 1. The van der Waals surface area contributed by atoms with Crippen molar-refractivity contribution >= 4 is 40.3 Å². The normalized spacial score (nSPS) is 16.4. The van der Waals surface area contributed by atoms with Crippen LogP contribution in [0.3, 0.4) is 0 Å². The molecule has 2 aromatic heterocycles. The zero-order chi connectivity index (χ0) is 24.4. The van der Waals surface area contributed by atoms with E-state index < -0.39 is 0 Å². The number of thioether (sulfide) groups is 1. The van der Waals surface area contributed by atoms with E-state index in [4.69, 9.17) is 0 Å². The van der Waals surface area contributed by atoms with Crippen LogP contribution in [0.15, 0.2) is 47.5 Å². The first kappa shape index (κ1) is 23.3. The molecule has 0 aliphatic carbocycles. The molecule has 4 heterocycles. The van der Waals surface area contributed by atoms with Crippen molar-refractivity contribution in [2.45, 2.75) is 30.2 Å². The summed E-state index contributed by atoms with van der Waals surface area (Å²) in [6.45, 7) is 2.75. The standard InChI is InChI=1S/C26H26N6O2S/c1-31(26(34)22-4-5-23-25(29-22)30-24(33)16-35-23)19-8-12-32(13-9-19)11-7-18-6-10-28-21-3-2-17(15-27)14-20(18)21/h2-6,10,14,19H,7-9,11-13,16H2,1H3,(H,29,30,33). The number of anilines is 1. The van der Waals surface area contributed by atoms with Crippen LogP contribution in [-0.4, -0.2) is 70.1 Å². The zero-order valence-electron chi connectivity index (χ0n) is 19.5. The van der Waals surface area contributed by atoms with Crippen molar-refractivity contribution in [2.24, 2.45) is 0 Å². The fraction of sp³-hybridized carbons (Fsp3) is 0.346. The summed E-state index contributed by atoms with van der Waals surface area (Å²) in [7, 11) is 1.84. The maximum Gasteiger partial charge on any atom is 0.272 e. The average molecular weight is 487 g/mol. The lowest BCUT2D eigenvalue weighted by Crippen LogP contribution is -2.46. The molecule has 0 saturated carbocycles. The Bertz CT molecular complexity index is 1330. The number of nitrogens with one attached hydrogen (secondary N) is 1. The van der Waals surface area contributed by atoms with Crippen LogP contribution in [0.25, 0.3) is 10.9 Å². The first-order valence-electron chi connectivity index (χ1n) is 11.7. The number of benzene rings is 1. The number of piperidine rings is 1. The predicted molar refractivity (Wildman–Crippen MR) is 135 cm³/mol. The van der Waals surface area contributed by atoms with Gasteiger partial charge in [-0.1, -0.05) is 0 Å². The molecule has 2 aliphatic heterocycles. The zero-order valence-corrected chi connectivity index (χ0v) is 20.3. The maximum absolute atomic E-state index is 13.1. The molecule has 9 heteroatoms. The lowest BCUT2D eigenvalue weighted by Gasteiger charge is -2.36. The van der Waals surface area contributed by atoms with Gasteiger partial charge in [0.25, 0.3) is 5.91 Å². The summed E-state index contributed by atoms with van der Waals surface area (Å²) in [6, 6.07) is 13.6. The highest BCUT2D eigenvalue weighted by molar-refractivity contribution is 8.00. The number of likely N-dealkylation sites (tertiary alicyclic amines) is 1. The molecule has 8 nitrogen and oxygen atoms in total. The SMILES string of the molecule is CN(C(=O)c1ccc2c(n1)NC(=O)CS2)C1CCN(CCc2ccnc3ccc(C#N)cc23)CC1. The number of nitriles is 1. The molecule has 5 rings (SSSR count). The van der Waals surface area contributed by atoms with Gasteiger partial charge in [-0.2, -0.15) is 5.26 Å². The second-order valence-electron chi connectivity index (χ2n) is 8.93. The van der Waals surface area contributed by atoms with Crippen LogP contribution in [0, 0.1) is 11.3 Å². The summed E-state index contributed by atoms with van der Waals surface area (Å²) in [4.78, 5) is 38.7. The number of carbonyl (C=O) groups excluding carboxylic acids is 2. The van der Waals surface area contributed by atoms with Gasteiger partial charge in [0.2, 0.25) is 5.91 Å². The van der Waals surface area contributed by atoms with Crippen LogP contribution in [0.5, 0.6) is 0 Å². The first-order chi connectivity index (χ1) is 17.0. The molecular weight excluding hydrogens is 460 g/mol. The minimum Gasteiger partial charge on any atom is -0.337 e. The minimum atomic E-state index is -0.118. The van der Waals surface area contributed by atoms with Gasteiger partial charge in [0.05, 0.1) is 27.8 Å². The van der Waals surface area contributed by atoms with Crippen molar-refractivity contribution in [1.82, 2.24) is 19.8 Å². The van der Waals surface area contributed by atoms with Crippen LogP contribution in [0.2, 0.25) is 0 Å². The molecule has 0 bridgehead atoms. The third kappa shape index (κ3) is 4.99. The van der Waals surface area contributed by atoms with Crippen molar-refractivity contribution in [2.75, 3.05) is 37.8 Å². The van der Waals surface area contributed by atoms with Crippen molar-refractivity contribution in [1.29, 1.82) is 5.26 Å². The van der Waals surface area contributed by atoms with Gasteiger partial charge >= 0.3 is 0 Å². The first-order valence-corrected chi connectivity index (χ1v) is 12.7. The van der Waals surface area contributed by atoms with Crippen LogP contribution < -0.4 is 5.32 Å². The number of hydrogen-bond acceptors (Lipinski definition) is 7. The Labute approximate surface area is 208 Å². The van der Waals surface area contributed by atoms with Gasteiger partial charge in [-0.25, -0.2) is 4.98 Å². The molecule has 1 fully saturated rings. The Balaban J connectivity index is 1.18. The second-order valence-corrected chi connectivity index (χ2v) is 9.95. The lowest BCUT2D eigenvalue weighted by atomic mass is 10.0. The van der Waals surface area contributed by atoms with E-state index in [9.17, 15) is 14.9 Å². The Morgan fingerprint density at radius 1 is 1.26 bits per heavy atom. The van der Waals surface area contributed by atoms with Crippen molar-refractivity contribution in [3.05, 3.63) is 59.4 Å². The van der Waals surface area contributed by atoms with E-state index in [1.165, 1.54) is 17.3 Å². The molecule has 0 radical (unpaired) electrons. The Hall–Kier alpha value is -3.48. The van der Waals surface area contributed by atoms with E-state index in [0.29, 0.717) is 22.8 Å². The molecule has 2 amide bonds. The Morgan fingerprint density at radius 3 is 2.89 bits per heavy atom. The number of nitrogens with zero attached hydrogens (tertiary/aromatic N) is 5. The summed E-state index contributed by atoms with van der Waals surface area (Å²) >= 11 is 1.44. The van der Waals surface area contributed by atoms with Crippen LogP contribution >= 0.6 is 11.8 Å². The van der Waals surface area contributed by atoms with Gasteiger partial charge in [0.15, 0.2) is 0 Å². The summed E-state index contributed by atoms with van der Waals surface area (Å²) < 4.78 is 0. The van der Waals surface area contributed by atoms with Gasteiger partial charge in [0, 0.05) is 44.3 Å². The molecule has 178 valence electrons. The van der Waals surface area contributed by atoms with E-state index in [-0.39, 0.29) is 17.9 Å². The fourth-order valence-corrected chi connectivity index (χ4v) is 5.49. The molecule has 0 spiro atoms. The van der Waals surface area contributed by atoms with Crippen LogP contribution in [0.1, 0.15) is 34.5 Å². The van der Waals surface area contributed by atoms with Crippen molar-refractivity contribution < 1.29 is 9.59 Å². The van der Waals surface area contributed by atoms with E-state index in [1.807, 2.05) is 37.5 Å². The third-order valence-corrected chi connectivity index (χ3v) is 7.82. The molecular formula is C26H26N6O2S. The van der Waals surface area contributed by atoms with E-state index in [0.717, 1.165) is 54.7 Å². The van der Waals surface area contributed by atoms with E-state index >= 15 is 0 Å². The molecule has 35 heavy (non-hydrogen) atoms. The van der Waals surface area contributed by atoms with Gasteiger partial charge in [-0.3, -0.25) is 14.6 Å². The largest absolute Gasteiger partial charge is 0.337 e. The highest BCUT2D eigenvalue weighted by Gasteiger charge is 2.27. The van der Waals surface area contributed by atoms with Crippen LogP contribution in [0.4, 0.5) is 5.82 Å². The highest BCUT2D eigenvalue weighted by Crippen LogP contribution is 2.30. The van der Waals surface area contributed by atoms with Gasteiger partial charge in [-0.15, -0.1) is 11.8 Å². The van der Waals surface area contributed by atoms with Gasteiger partial charge in [-0.05, 0) is 61.2 Å². The number of aromatic nitrogens is 2. The van der Waals surface area contributed by atoms with Crippen molar-refractivity contribution in [3.63, 3.8) is 0 Å². The van der Waals surface area contributed by atoms with Crippen molar-refractivity contribution in [3.8, 4) is 6.07 Å². The maximum atomic E-state index is 13.1. The number of pyridine rings is 2. The molecule has 1 aromatic carbocycles. The quantitative estimate of drug-likeness (QED) is 0.590. The number of fused-ring (bicyclic) bond motifs is 2. The Kier molecular flexibility index (Phi) is 6.66. The number of rotatable bonds is 5. The summed E-state index contributed by atoms with van der Waals surface area (Å²) in [5.41, 5.74) is 3.12. The molecule has 0 atom stereocenters. The highest BCUT2D eigenvalue weighted by atomic mass is 32.2. The molecule has 1 saturated heterocycles. The number of carbonyl (C=O) groups is 2. The van der Waals surface area contributed by atoms with E-state index in [1.54, 1.807) is 17.0 Å². The fourth-order valence-electron chi connectivity index (χ4n) is 4.73. The lowest BCUT2D eigenvalue weighted by molar-refractivity contribution is -0.113. The third-order valence-electron chi connectivity index (χ3n) is 6.78. The predicted octanol–water partition coefficient (Wildman–Crippen LogP) is 3.32. The number of amides is 2. The smallest absolute Gasteiger partial charge is 0.272 e. The minimum absolute atomic E-state index is 0.0920. The van der Waals surface area contributed by atoms with E-state index in [2.05, 4.69) is 26.3 Å². The summed E-state index contributed by atoms with van der Waals surface area (Å²) in [5, 5.41) is 13.0. The van der Waals surface area contributed by atoms with Gasteiger partial charge < -0.3 is 15.1 Å².